The van der Waals surface area contributed by atoms with Crippen LogP contribution in [-0.2, 0) is 10.3 Å². The van der Waals surface area contributed by atoms with Crippen molar-refractivity contribution in [2.24, 2.45) is 5.92 Å². The van der Waals surface area contributed by atoms with Crippen LogP contribution < -0.4 is 5.32 Å². The van der Waals surface area contributed by atoms with Crippen LogP contribution in [0.2, 0.25) is 0 Å². The number of aryl methyl sites for hydroxylation is 1. The molecule has 0 unspecified atom stereocenters. The van der Waals surface area contributed by atoms with Crippen molar-refractivity contribution in [3.8, 4) is 0 Å². The maximum atomic E-state index is 13.2. The second-order valence-electron chi connectivity index (χ2n) is 9.19. The fraction of sp³-hybridized carbons (Fsp3) is 0.619. The standard InChI is InChI=1S/C21H28N4O3/c1-11-17-14(19(26)23-15-7-5-6-13(15)20(27)28)10-16(12-8-9-12)22-18(17)25(24-11)21(2,3)4/h10,12-13,15H,5-9H2,1-4H3,(H,23,26)(H,27,28)/t13-,15+/m0/s1. The first-order valence-corrected chi connectivity index (χ1v) is 10.1. The molecule has 2 aromatic rings. The van der Waals surface area contributed by atoms with Gasteiger partial charge in [-0.1, -0.05) is 6.42 Å². The van der Waals surface area contributed by atoms with E-state index in [-0.39, 0.29) is 17.5 Å². The first-order chi connectivity index (χ1) is 13.2. The van der Waals surface area contributed by atoms with E-state index < -0.39 is 11.9 Å². The second-order valence-corrected chi connectivity index (χ2v) is 9.19. The summed E-state index contributed by atoms with van der Waals surface area (Å²) in [6, 6.07) is 1.57. The van der Waals surface area contributed by atoms with E-state index in [4.69, 9.17) is 4.98 Å². The monoisotopic (exact) mass is 384 g/mol. The Morgan fingerprint density at radius 3 is 2.54 bits per heavy atom. The van der Waals surface area contributed by atoms with Gasteiger partial charge in [-0.05, 0) is 59.4 Å². The topological polar surface area (TPSA) is 97.1 Å². The summed E-state index contributed by atoms with van der Waals surface area (Å²) in [5.41, 5.74) is 2.75. The summed E-state index contributed by atoms with van der Waals surface area (Å²) < 4.78 is 1.90. The van der Waals surface area contributed by atoms with Crippen LogP contribution in [0.15, 0.2) is 6.07 Å². The minimum atomic E-state index is -0.835. The number of fused-ring (bicyclic) bond motifs is 1. The maximum Gasteiger partial charge on any atom is 0.308 e. The first-order valence-electron chi connectivity index (χ1n) is 10.1. The van der Waals surface area contributed by atoms with E-state index in [1.807, 2.05) is 17.7 Å². The minimum absolute atomic E-state index is 0.219. The number of carbonyl (C=O) groups excluding carboxylic acids is 1. The lowest BCUT2D eigenvalue weighted by Gasteiger charge is -2.21. The Kier molecular flexibility index (Phi) is 4.43. The van der Waals surface area contributed by atoms with Crippen molar-refractivity contribution in [1.29, 1.82) is 0 Å². The number of carbonyl (C=O) groups is 2. The molecule has 2 aliphatic carbocycles. The zero-order valence-electron chi connectivity index (χ0n) is 17.0. The summed E-state index contributed by atoms with van der Waals surface area (Å²) in [5.74, 6) is -1.16. The molecule has 7 nitrogen and oxygen atoms in total. The van der Waals surface area contributed by atoms with Gasteiger partial charge in [0, 0.05) is 17.7 Å². The number of hydrogen-bond acceptors (Lipinski definition) is 4. The lowest BCUT2D eigenvalue weighted by atomic mass is 10.0. The molecule has 0 aromatic carbocycles. The molecular weight excluding hydrogens is 356 g/mol. The van der Waals surface area contributed by atoms with Crippen molar-refractivity contribution in [3.63, 3.8) is 0 Å². The molecule has 28 heavy (non-hydrogen) atoms. The van der Waals surface area contributed by atoms with Gasteiger partial charge in [0.15, 0.2) is 5.65 Å². The van der Waals surface area contributed by atoms with Gasteiger partial charge in [0.25, 0.3) is 5.91 Å². The molecule has 150 valence electrons. The molecule has 0 radical (unpaired) electrons. The van der Waals surface area contributed by atoms with Crippen LogP contribution in [0.1, 0.15) is 80.5 Å². The van der Waals surface area contributed by atoms with Gasteiger partial charge >= 0.3 is 5.97 Å². The largest absolute Gasteiger partial charge is 0.481 e. The summed E-state index contributed by atoms with van der Waals surface area (Å²) in [7, 11) is 0. The summed E-state index contributed by atoms with van der Waals surface area (Å²) in [6.07, 6.45) is 4.31. The molecule has 4 rings (SSSR count). The Morgan fingerprint density at radius 1 is 1.21 bits per heavy atom. The van der Waals surface area contributed by atoms with Gasteiger partial charge in [-0.2, -0.15) is 5.10 Å². The predicted octanol–water partition coefficient (Wildman–Crippen LogP) is 3.36. The van der Waals surface area contributed by atoms with Crippen LogP contribution in [0, 0.1) is 12.8 Å². The molecule has 1 amide bonds. The average Bonchev–Trinajstić information content (AvgIpc) is 3.26. The average molecular weight is 384 g/mol. The van der Waals surface area contributed by atoms with E-state index in [1.54, 1.807) is 0 Å². The molecule has 2 aromatic heterocycles. The van der Waals surface area contributed by atoms with Crippen molar-refractivity contribution in [2.75, 3.05) is 0 Å². The maximum absolute atomic E-state index is 13.2. The third-order valence-corrected chi connectivity index (χ3v) is 5.86. The van der Waals surface area contributed by atoms with E-state index in [0.29, 0.717) is 24.3 Å². The zero-order chi connectivity index (χ0) is 20.2. The second kappa shape index (κ2) is 6.57. The molecule has 2 aliphatic rings. The number of nitrogens with zero attached hydrogens (tertiary/aromatic N) is 3. The highest BCUT2D eigenvalue weighted by Gasteiger charge is 2.35. The van der Waals surface area contributed by atoms with Crippen LogP contribution in [0.3, 0.4) is 0 Å². The van der Waals surface area contributed by atoms with Crippen molar-refractivity contribution < 1.29 is 14.7 Å². The highest BCUT2D eigenvalue weighted by atomic mass is 16.4. The SMILES string of the molecule is Cc1nn(C(C)(C)C)c2nc(C3CC3)cc(C(=O)N[C@@H]3CCC[C@@H]3C(=O)O)c12. The van der Waals surface area contributed by atoms with Gasteiger partial charge in [-0.15, -0.1) is 0 Å². The van der Waals surface area contributed by atoms with Gasteiger partial charge in [0.05, 0.1) is 28.1 Å². The normalized spacial score (nSPS) is 22.6. The van der Waals surface area contributed by atoms with Crippen LogP contribution in [0.5, 0.6) is 0 Å². The summed E-state index contributed by atoms with van der Waals surface area (Å²) >= 11 is 0. The molecule has 0 saturated heterocycles. The summed E-state index contributed by atoms with van der Waals surface area (Å²) in [5, 5.41) is 17.9. The zero-order valence-corrected chi connectivity index (χ0v) is 17.0. The third kappa shape index (κ3) is 3.27. The number of rotatable bonds is 4. The fourth-order valence-corrected chi connectivity index (χ4v) is 4.22. The Labute approximate surface area is 164 Å². The molecule has 0 aliphatic heterocycles. The van der Waals surface area contributed by atoms with Gasteiger partial charge < -0.3 is 10.4 Å². The number of amides is 1. The third-order valence-electron chi connectivity index (χ3n) is 5.86. The van der Waals surface area contributed by atoms with Crippen molar-refractivity contribution in [3.05, 3.63) is 23.0 Å². The Hall–Kier alpha value is -2.44. The highest BCUT2D eigenvalue weighted by Crippen LogP contribution is 2.41. The molecular formula is C21H28N4O3. The number of aromatic nitrogens is 3. The predicted molar refractivity (Wildman–Crippen MR) is 105 cm³/mol. The molecule has 0 bridgehead atoms. The Morgan fingerprint density at radius 2 is 1.93 bits per heavy atom. The van der Waals surface area contributed by atoms with Gasteiger partial charge in [-0.3, -0.25) is 9.59 Å². The van der Waals surface area contributed by atoms with Crippen LogP contribution >= 0.6 is 0 Å². The van der Waals surface area contributed by atoms with E-state index >= 15 is 0 Å². The molecule has 0 spiro atoms. The van der Waals surface area contributed by atoms with Gasteiger partial charge in [0.2, 0.25) is 0 Å². The number of nitrogens with one attached hydrogen (secondary N) is 1. The van der Waals surface area contributed by atoms with Crippen molar-refractivity contribution >= 4 is 22.9 Å². The quantitative estimate of drug-likeness (QED) is 0.842. The fourth-order valence-electron chi connectivity index (χ4n) is 4.22. The highest BCUT2D eigenvalue weighted by molar-refractivity contribution is 6.07. The molecule has 7 heteroatoms. The van der Waals surface area contributed by atoms with Gasteiger partial charge in [0.1, 0.15) is 0 Å². The van der Waals surface area contributed by atoms with E-state index in [0.717, 1.165) is 41.7 Å². The van der Waals surface area contributed by atoms with Crippen LogP contribution in [0.25, 0.3) is 11.0 Å². The Bertz CT molecular complexity index is 953. The van der Waals surface area contributed by atoms with Crippen molar-refractivity contribution in [1.82, 2.24) is 20.1 Å². The van der Waals surface area contributed by atoms with E-state index in [9.17, 15) is 14.7 Å². The number of aliphatic carboxylic acids is 1. The molecule has 2 atom stereocenters. The van der Waals surface area contributed by atoms with Crippen LogP contribution in [-0.4, -0.2) is 37.8 Å². The first kappa shape index (κ1) is 18.9. The molecule has 2 heterocycles. The number of carboxylic acid groups (broad SMARTS) is 1. The molecule has 2 fully saturated rings. The van der Waals surface area contributed by atoms with Crippen LogP contribution in [0.4, 0.5) is 0 Å². The van der Waals surface area contributed by atoms with Gasteiger partial charge in [-0.25, -0.2) is 9.67 Å². The molecule has 2 N–H and O–H groups in total. The van der Waals surface area contributed by atoms with Crippen molar-refractivity contribution in [2.45, 2.75) is 77.3 Å². The van der Waals surface area contributed by atoms with E-state index in [1.165, 1.54) is 0 Å². The summed E-state index contributed by atoms with van der Waals surface area (Å²) in [6.45, 7) is 8.11. The van der Waals surface area contributed by atoms with E-state index in [2.05, 4.69) is 31.2 Å². The lowest BCUT2D eigenvalue weighted by molar-refractivity contribution is -0.142. The lowest BCUT2D eigenvalue weighted by Crippen LogP contribution is -2.40. The Balaban J connectivity index is 1.78. The molecule has 2 saturated carbocycles. The number of hydrogen-bond donors (Lipinski definition) is 2. The minimum Gasteiger partial charge on any atom is -0.481 e. The summed E-state index contributed by atoms with van der Waals surface area (Å²) in [4.78, 5) is 29.6. The number of carboxylic acids is 1. The smallest absolute Gasteiger partial charge is 0.308 e. The number of pyridine rings is 1.